The summed E-state index contributed by atoms with van der Waals surface area (Å²) in [4.78, 5) is 0. The molecular weight excluding hydrogens is 124 g/mol. The molecule has 2 atom stereocenters. The van der Waals surface area contributed by atoms with Crippen molar-refractivity contribution in [3.8, 4) is 0 Å². The molecule has 0 aromatic heterocycles. The minimum absolute atomic E-state index is 0.212. The molecule has 0 amide bonds. The third-order valence-electron chi connectivity index (χ3n) is 3.39. The lowest BCUT2D eigenvalue weighted by molar-refractivity contribution is 0.0706. The van der Waals surface area contributed by atoms with Gasteiger partial charge in [-0.25, -0.2) is 0 Å². The monoisotopic (exact) mass is 140 g/mol. The molecule has 0 saturated heterocycles. The summed E-state index contributed by atoms with van der Waals surface area (Å²) in [7, 11) is 0. The van der Waals surface area contributed by atoms with Crippen LogP contribution in [0.1, 0.15) is 39.0 Å². The standard InChI is InChI=1S/C9H16O/c1-7-6-9(7,10)8-4-2-3-5-8/h7-8,10H,2-6H2,1H3. The predicted molar refractivity (Wildman–Crippen MR) is 40.7 cm³/mol. The maximum atomic E-state index is 9.90. The summed E-state index contributed by atoms with van der Waals surface area (Å²) in [6.45, 7) is 2.16. The maximum Gasteiger partial charge on any atom is 0.0705 e. The van der Waals surface area contributed by atoms with Crippen molar-refractivity contribution in [2.45, 2.75) is 44.6 Å². The minimum atomic E-state index is -0.212. The second-order valence-corrected chi connectivity index (χ2v) is 4.08. The van der Waals surface area contributed by atoms with E-state index in [4.69, 9.17) is 0 Å². The molecule has 1 heteroatoms. The topological polar surface area (TPSA) is 20.2 Å². The van der Waals surface area contributed by atoms with E-state index < -0.39 is 0 Å². The summed E-state index contributed by atoms with van der Waals surface area (Å²) in [5, 5.41) is 9.90. The van der Waals surface area contributed by atoms with Crippen molar-refractivity contribution in [2.24, 2.45) is 11.8 Å². The first-order valence-corrected chi connectivity index (χ1v) is 4.46. The first-order valence-electron chi connectivity index (χ1n) is 4.46. The van der Waals surface area contributed by atoms with Crippen molar-refractivity contribution in [3.63, 3.8) is 0 Å². The smallest absolute Gasteiger partial charge is 0.0705 e. The highest BCUT2D eigenvalue weighted by Crippen LogP contribution is 2.53. The Labute approximate surface area is 62.4 Å². The lowest BCUT2D eigenvalue weighted by Gasteiger charge is -2.16. The molecule has 0 radical (unpaired) electrons. The van der Waals surface area contributed by atoms with Crippen LogP contribution in [0.3, 0.4) is 0 Å². The van der Waals surface area contributed by atoms with Crippen LogP contribution in [-0.2, 0) is 0 Å². The van der Waals surface area contributed by atoms with Gasteiger partial charge in [0.1, 0.15) is 0 Å². The largest absolute Gasteiger partial charge is 0.389 e. The Morgan fingerprint density at radius 1 is 1.30 bits per heavy atom. The molecule has 2 unspecified atom stereocenters. The third kappa shape index (κ3) is 0.800. The Kier molecular flexibility index (Phi) is 1.31. The average molecular weight is 140 g/mol. The molecule has 2 aliphatic rings. The zero-order valence-electron chi connectivity index (χ0n) is 6.64. The van der Waals surface area contributed by atoms with Crippen LogP contribution in [0.15, 0.2) is 0 Å². The van der Waals surface area contributed by atoms with E-state index in [2.05, 4.69) is 6.92 Å². The molecule has 58 valence electrons. The normalized spacial score (nSPS) is 48.0. The van der Waals surface area contributed by atoms with Crippen molar-refractivity contribution in [1.29, 1.82) is 0 Å². The fourth-order valence-corrected chi connectivity index (χ4v) is 2.43. The van der Waals surface area contributed by atoms with E-state index in [0.29, 0.717) is 11.8 Å². The van der Waals surface area contributed by atoms with Crippen molar-refractivity contribution >= 4 is 0 Å². The van der Waals surface area contributed by atoms with Crippen LogP contribution in [0.25, 0.3) is 0 Å². The molecule has 10 heavy (non-hydrogen) atoms. The van der Waals surface area contributed by atoms with E-state index >= 15 is 0 Å². The highest BCUT2D eigenvalue weighted by molar-refractivity contribution is 5.06. The maximum absolute atomic E-state index is 9.90. The summed E-state index contributed by atoms with van der Waals surface area (Å²) < 4.78 is 0. The van der Waals surface area contributed by atoms with Gasteiger partial charge in [-0.1, -0.05) is 19.8 Å². The highest BCUT2D eigenvalue weighted by atomic mass is 16.3. The summed E-state index contributed by atoms with van der Waals surface area (Å²) in [5.74, 6) is 1.25. The molecule has 2 rings (SSSR count). The van der Waals surface area contributed by atoms with Crippen molar-refractivity contribution in [3.05, 3.63) is 0 Å². The summed E-state index contributed by atoms with van der Waals surface area (Å²) in [5.41, 5.74) is -0.212. The molecule has 2 aliphatic carbocycles. The van der Waals surface area contributed by atoms with E-state index in [1.54, 1.807) is 0 Å². The predicted octanol–water partition coefficient (Wildman–Crippen LogP) is 1.95. The minimum Gasteiger partial charge on any atom is -0.389 e. The number of hydrogen-bond donors (Lipinski definition) is 1. The zero-order valence-corrected chi connectivity index (χ0v) is 6.64. The van der Waals surface area contributed by atoms with E-state index in [0.717, 1.165) is 6.42 Å². The Morgan fingerprint density at radius 3 is 2.20 bits per heavy atom. The van der Waals surface area contributed by atoms with Crippen molar-refractivity contribution < 1.29 is 5.11 Å². The lowest BCUT2D eigenvalue weighted by Crippen LogP contribution is -2.21. The van der Waals surface area contributed by atoms with Gasteiger partial charge in [0.2, 0.25) is 0 Å². The van der Waals surface area contributed by atoms with Crippen LogP contribution in [-0.4, -0.2) is 10.7 Å². The number of aliphatic hydroxyl groups is 1. The SMILES string of the molecule is CC1CC1(O)C1CCCC1. The summed E-state index contributed by atoms with van der Waals surface area (Å²) in [6.07, 6.45) is 6.32. The average Bonchev–Trinajstić information content (AvgIpc) is 2.35. The van der Waals surface area contributed by atoms with Crippen LogP contribution in [0.5, 0.6) is 0 Å². The molecule has 0 aliphatic heterocycles. The van der Waals surface area contributed by atoms with E-state index in [9.17, 15) is 5.11 Å². The van der Waals surface area contributed by atoms with Crippen LogP contribution < -0.4 is 0 Å². The van der Waals surface area contributed by atoms with Crippen LogP contribution in [0.4, 0.5) is 0 Å². The molecular formula is C9H16O. The Balaban J connectivity index is 1.99. The van der Waals surface area contributed by atoms with E-state index in [1.165, 1.54) is 25.7 Å². The van der Waals surface area contributed by atoms with E-state index in [1.807, 2.05) is 0 Å². The summed E-state index contributed by atoms with van der Waals surface area (Å²) >= 11 is 0. The van der Waals surface area contributed by atoms with Gasteiger partial charge in [-0.2, -0.15) is 0 Å². The molecule has 0 aromatic carbocycles. The first kappa shape index (κ1) is 6.66. The van der Waals surface area contributed by atoms with Gasteiger partial charge in [0.25, 0.3) is 0 Å². The fraction of sp³-hybridized carbons (Fsp3) is 1.00. The van der Waals surface area contributed by atoms with Crippen LogP contribution in [0, 0.1) is 11.8 Å². The lowest BCUT2D eigenvalue weighted by atomic mass is 9.97. The molecule has 1 N–H and O–H groups in total. The Morgan fingerprint density at radius 2 is 1.80 bits per heavy atom. The summed E-state index contributed by atoms with van der Waals surface area (Å²) in [6, 6.07) is 0. The second-order valence-electron chi connectivity index (χ2n) is 4.08. The zero-order chi connectivity index (χ0) is 7.19. The third-order valence-corrected chi connectivity index (χ3v) is 3.39. The van der Waals surface area contributed by atoms with Gasteiger partial charge in [-0.05, 0) is 31.1 Å². The fourth-order valence-electron chi connectivity index (χ4n) is 2.43. The Hall–Kier alpha value is -0.0400. The molecule has 2 saturated carbocycles. The van der Waals surface area contributed by atoms with Gasteiger partial charge in [0.05, 0.1) is 5.60 Å². The molecule has 0 bridgehead atoms. The van der Waals surface area contributed by atoms with Crippen LogP contribution >= 0.6 is 0 Å². The number of rotatable bonds is 1. The molecule has 2 fully saturated rings. The van der Waals surface area contributed by atoms with E-state index in [-0.39, 0.29) is 5.60 Å². The van der Waals surface area contributed by atoms with Gasteiger partial charge < -0.3 is 5.11 Å². The highest BCUT2D eigenvalue weighted by Gasteiger charge is 2.55. The molecule has 0 spiro atoms. The van der Waals surface area contributed by atoms with Crippen molar-refractivity contribution in [1.82, 2.24) is 0 Å². The van der Waals surface area contributed by atoms with Gasteiger partial charge in [0.15, 0.2) is 0 Å². The van der Waals surface area contributed by atoms with Gasteiger partial charge >= 0.3 is 0 Å². The molecule has 0 aromatic rings. The van der Waals surface area contributed by atoms with Crippen LogP contribution in [0.2, 0.25) is 0 Å². The molecule has 1 nitrogen and oxygen atoms in total. The van der Waals surface area contributed by atoms with Gasteiger partial charge in [-0.15, -0.1) is 0 Å². The second kappa shape index (κ2) is 1.97. The van der Waals surface area contributed by atoms with Crippen molar-refractivity contribution in [2.75, 3.05) is 0 Å². The number of hydrogen-bond acceptors (Lipinski definition) is 1. The van der Waals surface area contributed by atoms with Gasteiger partial charge in [-0.3, -0.25) is 0 Å². The molecule has 0 heterocycles. The first-order chi connectivity index (χ1) is 4.73. The Bertz CT molecular complexity index is 138. The quantitative estimate of drug-likeness (QED) is 0.590. The van der Waals surface area contributed by atoms with Gasteiger partial charge in [0, 0.05) is 0 Å².